The van der Waals surface area contributed by atoms with E-state index in [2.05, 4.69) is 30.8 Å². The van der Waals surface area contributed by atoms with Crippen molar-refractivity contribution in [1.29, 1.82) is 0 Å². The average molecular weight is 345 g/mol. The van der Waals surface area contributed by atoms with Crippen molar-refractivity contribution < 1.29 is 8.42 Å². The zero-order valence-electron chi connectivity index (χ0n) is 13.4. The van der Waals surface area contributed by atoms with Crippen LogP contribution in [0.3, 0.4) is 0 Å². The second-order valence-electron chi connectivity index (χ2n) is 6.97. The first-order valence-electron chi connectivity index (χ1n) is 7.73. The van der Waals surface area contributed by atoms with Gasteiger partial charge in [-0.3, -0.25) is 0 Å². The van der Waals surface area contributed by atoms with E-state index >= 15 is 0 Å². The molecule has 0 spiro atoms. The van der Waals surface area contributed by atoms with E-state index in [0.717, 1.165) is 25.7 Å². The molecule has 4 nitrogen and oxygen atoms in total. The number of hydrogen-bond acceptors (Lipinski definition) is 3. The molecule has 1 fully saturated rings. The van der Waals surface area contributed by atoms with Crippen molar-refractivity contribution in [2.75, 3.05) is 0 Å². The molecule has 124 valence electrons. The quantitative estimate of drug-likeness (QED) is 0.880. The number of nitrogens with one attached hydrogen (secondary N) is 2. The molecule has 0 bridgehead atoms. The molecule has 6 heteroatoms. The molecule has 1 aliphatic rings. The third-order valence-corrected chi connectivity index (χ3v) is 5.57. The summed E-state index contributed by atoms with van der Waals surface area (Å²) in [6, 6.07) is 6.37. The van der Waals surface area contributed by atoms with E-state index in [1.807, 2.05) is 0 Å². The van der Waals surface area contributed by atoms with Gasteiger partial charge in [0.1, 0.15) is 0 Å². The Hall–Kier alpha value is -0.620. The minimum atomic E-state index is -3.51. The number of hydrogen-bond donors (Lipinski definition) is 2. The lowest BCUT2D eigenvalue weighted by molar-refractivity contribution is 0.255. The van der Waals surface area contributed by atoms with E-state index in [4.69, 9.17) is 11.6 Å². The third-order valence-electron chi connectivity index (χ3n) is 3.81. The minimum absolute atomic E-state index is 0.0357. The van der Waals surface area contributed by atoms with Gasteiger partial charge >= 0.3 is 0 Å². The van der Waals surface area contributed by atoms with Crippen LogP contribution in [-0.4, -0.2) is 26.0 Å². The molecule has 1 aromatic rings. The van der Waals surface area contributed by atoms with E-state index in [-0.39, 0.29) is 22.5 Å². The van der Waals surface area contributed by atoms with Crippen LogP contribution in [0.2, 0.25) is 5.02 Å². The van der Waals surface area contributed by atoms with E-state index in [1.165, 1.54) is 0 Å². The van der Waals surface area contributed by atoms with Gasteiger partial charge in [0.15, 0.2) is 0 Å². The van der Waals surface area contributed by atoms with Gasteiger partial charge in [-0.2, -0.15) is 0 Å². The van der Waals surface area contributed by atoms with Crippen molar-refractivity contribution in [3.8, 4) is 0 Å². The second kappa shape index (κ2) is 6.87. The van der Waals surface area contributed by atoms with E-state index in [0.29, 0.717) is 5.02 Å². The van der Waals surface area contributed by atoms with Gasteiger partial charge in [0.25, 0.3) is 0 Å². The molecule has 2 rings (SSSR count). The van der Waals surface area contributed by atoms with Crippen molar-refractivity contribution in [3.05, 3.63) is 29.3 Å². The monoisotopic (exact) mass is 344 g/mol. The Morgan fingerprint density at radius 2 is 1.59 bits per heavy atom. The molecule has 0 radical (unpaired) electrons. The number of sulfonamides is 1. The molecular weight excluding hydrogens is 320 g/mol. The lowest BCUT2D eigenvalue weighted by atomic mass is 9.89. The highest BCUT2D eigenvalue weighted by Gasteiger charge is 2.31. The SMILES string of the molecule is CC(C)(C)N[C@@H]1CCCC[C@H]1NS(=O)(=O)c1ccc(Cl)cc1. The largest absolute Gasteiger partial charge is 0.308 e. The Bertz CT molecular complexity index is 594. The highest BCUT2D eigenvalue weighted by atomic mass is 35.5. The van der Waals surface area contributed by atoms with Gasteiger partial charge in [-0.15, -0.1) is 0 Å². The first kappa shape index (κ1) is 17.7. The van der Waals surface area contributed by atoms with Gasteiger partial charge in [0.05, 0.1) is 4.90 Å². The average Bonchev–Trinajstić information content (AvgIpc) is 2.39. The Labute approximate surface area is 138 Å². The van der Waals surface area contributed by atoms with Crippen molar-refractivity contribution >= 4 is 21.6 Å². The van der Waals surface area contributed by atoms with Gasteiger partial charge in [0.2, 0.25) is 10.0 Å². The van der Waals surface area contributed by atoms with Crippen molar-refractivity contribution in [2.24, 2.45) is 0 Å². The van der Waals surface area contributed by atoms with Crippen LogP contribution in [0.4, 0.5) is 0 Å². The first-order chi connectivity index (χ1) is 10.2. The lowest BCUT2D eigenvalue weighted by Crippen LogP contribution is -2.56. The summed E-state index contributed by atoms with van der Waals surface area (Å²) < 4.78 is 28.0. The van der Waals surface area contributed by atoms with Crippen LogP contribution in [0, 0.1) is 0 Å². The topological polar surface area (TPSA) is 58.2 Å². The van der Waals surface area contributed by atoms with Crippen LogP contribution in [0.15, 0.2) is 29.2 Å². The predicted octanol–water partition coefficient (Wildman–Crippen LogP) is 3.32. The maximum absolute atomic E-state index is 12.5. The summed E-state index contributed by atoms with van der Waals surface area (Å²) >= 11 is 5.82. The van der Waals surface area contributed by atoms with Gasteiger partial charge < -0.3 is 5.32 Å². The molecule has 22 heavy (non-hydrogen) atoms. The maximum atomic E-state index is 12.5. The molecular formula is C16H25ClN2O2S. The van der Waals surface area contributed by atoms with Gasteiger partial charge in [-0.1, -0.05) is 24.4 Å². The fourth-order valence-electron chi connectivity index (χ4n) is 2.88. The van der Waals surface area contributed by atoms with Crippen LogP contribution in [0.5, 0.6) is 0 Å². The maximum Gasteiger partial charge on any atom is 0.240 e. The second-order valence-corrected chi connectivity index (χ2v) is 9.12. The Morgan fingerprint density at radius 1 is 1.05 bits per heavy atom. The fraction of sp³-hybridized carbons (Fsp3) is 0.625. The summed E-state index contributed by atoms with van der Waals surface area (Å²) in [6.45, 7) is 6.31. The van der Waals surface area contributed by atoms with Crippen LogP contribution < -0.4 is 10.0 Å². The van der Waals surface area contributed by atoms with Crippen LogP contribution in [-0.2, 0) is 10.0 Å². The molecule has 1 aliphatic carbocycles. The summed E-state index contributed by atoms with van der Waals surface area (Å²) in [5.41, 5.74) is -0.0357. The molecule has 2 atom stereocenters. The molecule has 0 heterocycles. The Morgan fingerprint density at radius 3 is 2.14 bits per heavy atom. The smallest absolute Gasteiger partial charge is 0.240 e. The zero-order valence-corrected chi connectivity index (χ0v) is 15.0. The number of benzene rings is 1. The molecule has 0 aromatic heterocycles. The summed E-state index contributed by atoms with van der Waals surface area (Å²) in [6.07, 6.45) is 4.04. The lowest BCUT2D eigenvalue weighted by Gasteiger charge is -2.37. The van der Waals surface area contributed by atoms with Crippen LogP contribution in [0.1, 0.15) is 46.5 Å². The minimum Gasteiger partial charge on any atom is -0.308 e. The summed E-state index contributed by atoms with van der Waals surface area (Å²) in [4.78, 5) is 0.261. The van der Waals surface area contributed by atoms with E-state index in [9.17, 15) is 8.42 Å². The Balaban J connectivity index is 2.13. The molecule has 0 unspecified atom stereocenters. The molecule has 0 saturated heterocycles. The molecule has 0 aliphatic heterocycles. The van der Waals surface area contributed by atoms with Crippen molar-refractivity contribution in [2.45, 2.75) is 69.0 Å². The van der Waals surface area contributed by atoms with Gasteiger partial charge in [-0.25, -0.2) is 13.1 Å². The molecule has 1 saturated carbocycles. The standard InChI is InChI=1S/C16H25ClN2O2S/c1-16(2,3)18-14-6-4-5-7-15(14)19-22(20,21)13-10-8-12(17)9-11-13/h8-11,14-15,18-19H,4-7H2,1-3H3/t14-,15-/m1/s1. The summed E-state index contributed by atoms with van der Waals surface area (Å²) in [5, 5.41) is 4.07. The van der Waals surface area contributed by atoms with Crippen molar-refractivity contribution in [3.63, 3.8) is 0 Å². The highest BCUT2D eigenvalue weighted by molar-refractivity contribution is 7.89. The van der Waals surface area contributed by atoms with Crippen LogP contribution in [0.25, 0.3) is 0 Å². The first-order valence-corrected chi connectivity index (χ1v) is 9.59. The zero-order chi connectivity index (χ0) is 16.4. The van der Waals surface area contributed by atoms with Gasteiger partial charge in [0, 0.05) is 22.6 Å². The predicted molar refractivity (Wildman–Crippen MR) is 90.7 cm³/mol. The summed E-state index contributed by atoms with van der Waals surface area (Å²) in [5.74, 6) is 0. The van der Waals surface area contributed by atoms with E-state index in [1.54, 1.807) is 24.3 Å². The summed E-state index contributed by atoms with van der Waals surface area (Å²) in [7, 11) is -3.51. The van der Waals surface area contributed by atoms with E-state index < -0.39 is 10.0 Å². The highest BCUT2D eigenvalue weighted by Crippen LogP contribution is 2.23. The third kappa shape index (κ3) is 4.95. The van der Waals surface area contributed by atoms with Crippen molar-refractivity contribution in [1.82, 2.24) is 10.0 Å². The molecule has 1 aromatic carbocycles. The molecule has 0 amide bonds. The molecule has 2 N–H and O–H groups in total. The fourth-order valence-corrected chi connectivity index (χ4v) is 4.32. The normalized spacial score (nSPS) is 23.5. The number of rotatable bonds is 4. The Kier molecular flexibility index (Phi) is 5.54. The van der Waals surface area contributed by atoms with Crippen LogP contribution >= 0.6 is 11.6 Å². The number of halogens is 1. The van der Waals surface area contributed by atoms with Gasteiger partial charge in [-0.05, 0) is 57.9 Å².